The number of nitrogens with two attached hydrogens (primary N) is 2. The molecule has 0 aromatic rings. The van der Waals surface area contributed by atoms with Crippen LogP contribution in [-0.2, 0) is 4.74 Å². The highest BCUT2D eigenvalue weighted by molar-refractivity contribution is 4.95. The second kappa shape index (κ2) is 3.06. The maximum absolute atomic E-state index is 5.63. The molecule has 0 aromatic carbocycles. The van der Waals surface area contributed by atoms with E-state index in [2.05, 4.69) is 4.90 Å². The monoisotopic (exact) mass is 159 g/mol. The molecule has 0 spiro atoms. The normalized spacial score (nSPS) is 26.2. The van der Waals surface area contributed by atoms with Crippen molar-refractivity contribution in [2.75, 3.05) is 19.7 Å². The van der Waals surface area contributed by atoms with Crippen LogP contribution in [0.15, 0.2) is 0 Å². The molecular formula is C7H17N3O. The van der Waals surface area contributed by atoms with Crippen molar-refractivity contribution in [2.24, 2.45) is 11.5 Å². The standard InChI is InChI=1S/C7H17N3O/c1-3-11-6(2)10-4-7(8,9)5-10/h6H,3-5,8-9H2,1-2H3. The Hall–Kier alpha value is -0.160. The average molecular weight is 159 g/mol. The van der Waals surface area contributed by atoms with E-state index in [0.717, 1.165) is 19.7 Å². The van der Waals surface area contributed by atoms with Crippen molar-refractivity contribution in [1.29, 1.82) is 0 Å². The fraction of sp³-hybridized carbons (Fsp3) is 1.00. The highest BCUT2D eigenvalue weighted by Gasteiger charge is 2.38. The Morgan fingerprint density at radius 2 is 2.09 bits per heavy atom. The average Bonchev–Trinajstić information content (AvgIpc) is 1.83. The van der Waals surface area contributed by atoms with Gasteiger partial charge in [-0.1, -0.05) is 0 Å². The van der Waals surface area contributed by atoms with E-state index in [0.29, 0.717) is 0 Å². The van der Waals surface area contributed by atoms with Gasteiger partial charge in [0.1, 0.15) is 6.23 Å². The number of nitrogens with zero attached hydrogens (tertiary/aromatic N) is 1. The molecule has 0 radical (unpaired) electrons. The minimum Gasteiger partial charge on any atom is -0.364 e. The van der Waals surface area contributed by atoms with Gasteiger partial charge in [-0.15, -0.1) is 0 Å². The Labute approximate surface area is 67.5 Å². The van der Waals surface area contributed by atoms with E-state index in [9.17, 15) is 0 Å². The first-order valence-electron chi connectivity index (χ1n) is 3.98. The first-order valence-corrected chi connectivity index (χ1v) is 3.98. The number of rotatable bonds is 3. The van der Waals surface area contributed by atoms with Gasteiger partial charge in [0.25, 0.3) is 0 Å². The summed E-state index contributed by atoms with van der Waals surface area (Å²) in [7, 11) is 0. The van der Waals surface area contributed by atoms with Crippen molar-refractivity contribution in [3.05, 3.63) is 0 Å². The van der Waals surface area contributed by atoms with Crippen molar-refractivity contribution in [2.45, 2.75) is 25.7 Å². The zero-order valence-electron chi connectivity index (χ0n) is 7.21. The lowest BCUT2D eigenvalue weighted by molar-refractivity contribution is -0.0997. The van der Waals surface area contributed by atoms with Gasteiger partial charge in [-0.2, -0.15) is 0 Å². The molecule has 0 bridgehead atoms. The summed E-state index contributed by atoms with van der Waals surface area (Å²) < 4.78 is 5.35. The molecule has 11 heavy (non-hydrogen) atoms. The Kier molecular flexibility index (Phi) is 2.49. The molecule has 66 valence electrons. The Morgan fingerprint density at radius 3 is 2.45 bits per heavy atom. The summed E-state index contributed by atoms with van der Waals surface area (Å²) in [6.07, 6.45) is 0.153. The summed E-state index contributed by atoms with van der Waals surface area (Å²) in [4.78, 5) is 2.11. The van der Waals surface area contributed by atoms with Crippen LogP contribution in [0, 0.1) is 0 Å². The lowest BCUT2D eigenvalue weighted by atomic mass is 10.0. The molecule has 0 aliphatic carbocycles. The van der Waals surface area contributed by atoms with Crippen LogP contribution in [-0.4, -0.2) is 36.5 Å². The van der Waals surface area contributed by atoms with E-state index >= 15 is 0 Å². The second-order valence-corrected chi connectivity index (χ2v) is 3.19. The van der Waals surface area contributed by atoms with Crippen molar-refractivity contribution < 1.29 is 4.74 Å². The van der Waals surface area contributed by atoms with Crippen molar-refractivity contribution in [3.8, 4) is 0 Å². The lowest BCUT2D eigenvalue weighted by Gasteiger charge is -2.47. The first kappa shape index (κ1) is 8.93. The van der Waals surface area contributed by atoms with E-state index < -0.39 is 5.66 Å². The third-order valence-electron chi connectivity index (χ3n) is 1.92. The largest absolute Gasteiger partial charge is 0.364 e. The van der Waals surface area contributed by atoms with Gasteiger partial charge in [0, 0.05) is 19.7 Å². The minimum atomic E-state index is -0.481. The van der Waals surface area contributed by atoms with Gasteiger partial charge in [0.2, 0.25) is 0 Å². The quantitative estimate of drug-likeness (QED) is 0.534. The van der Waals surface area contributed by atoms with Crippen molar-refractivity contribution in [3.63, 3.8) is 0 Å². The van der Waals surface area contributed by atoms with Gasteiger partial charge >= 0.3 is 0 Å². The molecular weight excluding hydrogens is 142 g/mol. The molecule has 1 aliphatic heterocycles. The van der Waals surface area contributed by atoms with Crippen LogP contribution in [0.4, 0.5) is 0 Å². The Bertz CT molecular complexity index is 130. The number of likely N-dealkylation sites (tertiary alicyclic amines) is 1. The van der Waals surface area contributed by atoms with Gasteiger partial charge in [0.15, 0.2) is 0 Å². The molecule has 4 heteroatoms. The maximum Gasteiger partial charge on any atom is 0.107 e. The van der Waals surface area contributed by atoms with Gasteiger partial charge in [-0.3, -0.25) is 4.90 Å². The predicted molar refractivity (Wildman–Crippen MR) is 43.8 cm³/mol. The fourth-order valence-electron chi connectivity index (χ4n) is 1.31. The number of ether oxygens (including phenoxy) is 1. The molecule has 1 unspecified atom stereocenters. The summed E-state index contributed by atoms with van der Waals surface area (Å²) in [6, 6.07) is 0. The molecule has 1 saturated heterocycles. The van der Waals surface area contributed by atoms with E-state index in [-0.39, 0.29) is 6.23 Å². The summed E-state index contributed by atoms with van der Waals surface area (Å²) in [5, 5.41) is 0. The second-order valence-electron chi connectivity index (χ2n) is 3.19. The topological polar surface area (TPSA) is 64.5 Å². The van der Waals surface area contributed by atoms with E-state index in [4.69, 9.17) is 16.2 Å². The summed E-state index contributed by atoms with van der Waals surface area (Å²) in [6.45, 7) is 6.19. The van der Waals surface area contributed by atoms with E-state index in [1.165, 1.54) is 0 Å². The first-order chi connectivity index (χ1) is 5.05. The van der Waals surface area contributed by atoms with Gasteiger partial charge in [-0.05, 0) is 13.8 Å². The van der Waals surface area contributed by atoms with Crippen molar-refractivity contribution in [1.82, 2.24) is 4.90 Å². The minimum absolute atomic E-state index is 0.153. The van der Waals surface area contributed by atoms with Gasteiger partial charge in [-0.25, -0.2) is 0 Å². The SMILES string of the molecule is CCOC(C)N1CC(N)(N)C1. The van der Waals surface area contributed by atoms with Crippen molar-refractivity contribution >= 4 is 0 Å². The van der Waals surface area contributed by atoms with Crippen LogP contribution >= 0.6 is 0 Å². The Morgan fingerprint density at radius 1 is 1.55 bits per heavy atom. The van der Waals surface area contributed by atoms with Gasteiger partial charge in [0.05, 0.1) is 5.66 Å². The summed E-state index contributed by atoms with van der Waals surface area (Å²) in [5.74, 6) is 0. The Balaban J connectivity index is 2.21. The molecule has 1 heterocycles. The molecule has 4 N–H and O–H groups in total. The lowest BCUT2D eigenvalue weighted by Crippen LogP contribution is -2.74. The van der Waals surface area contributed by atoms with Gasteiger partial charge < -0.3 is 16.2 Å². The number of hydrogen-bond acceptors (Lipinski definition) is 4. The molecule has 1 rings (SSSR count). The molecule has 1 aliphatic rings. The third kappa shape index (κ3) is 2.13. The number of hydrogen-bond donors (Lipinski definition) is 2. The maximum atomic E-state index is 5.63. The van der Waals surface area contributed by atoms with Crippen LogP contribution < -0.4 is 11.5 Å². The summed E-state index contributed by atoms with van der Waals surface area (Å²) in [5.41, 5.74) is 10.8. The highest BCUT2D eigenvalue weighted by atomic mass is 16.5. The van der Waals surface area contributed by atoms with Crippen LogP contribution in [0.2, 0.25) is 0 Å². The summed E-state index contributed by atoms with van der Waals surface area (Å²) >= 11 is 0. The molecule has 1 fully saturated rings. The van der Waals surface area contributed by atoms with Crippen LogP contribution in [0.3, 0.4) is 0 Å². The molecule has 0 saturated carbocycles. The molecule has 0 aromatic heterocycles. The van der Waals surface area contributed by atoms with E-state index in [1.54, 1.807) is 0 Å². The highest BCUT2D eigenvalue weighted by Crippen LogP contribution is 2.16. The van der Waals surface area contributed by atoms with Crippen LogP contribution in [0.25, 0.3) is 0 Å². The zero-order valence-corrected chi connectivity index (χ0v) is 7.21. The van der Waals surface area contributed by atoms with E-state index in [1.807, 2.05) is 13.8 Å². The predicted octanol–water partition coefficient (Wildman–Crippen LogP) is -0.702. The zero-order chi connectivity index (χ0) is 8.48. The molecule has 4 nitrogen and oxygen atoms in total. The van der Waals surface area contributed by atoms with Crippen LogP contribution in [0.1, 0.15) is 13.8 Å². The van der Waals surface area contributed by atoms with Crippen LogP contribution in [0.5, 0.6) is 0 Å². The molecule has 1 atom stereocenters. The third-order valence-corrected chi connectivity index (χ3v) is 1.92. The molecule has 0 amide bonds. The fourth-order valence-corrected chi connectivity index (χ4v) is 1.31. The smallest absolute Gasteiger partial charge is 0.107 e.